The van der Waals surface area contributed by atoms with Gasteiger partial charge in [-0.15, -0.1) is 0 Å². The topological polar surface area (TPSA) is 46.8 Å². The molecule has 0 saturated heterocycles. The molecule has 1 aromatic heterocycles. The van der Waals surface area contributed by atoms with E-state index in [2.05, 4.69) is 5.10 Å². The maximum Gasteiger partial charge on any atom is 0.356 e. The van der Waals surface area contributed by atoms with Crippen LogP contribution in [-0.2, 0) is 4.74 Å². The van der Waals surface area contributed by atoms with E-state index in [1.54, 1.807) is 35.6 Å². The zero-order valence-corrected chi connectivity index (χ0v) is 12.8. The SMILES string of the molecule is COC(=O)c1cc(-c2ccc(Cl)cc2)cn1N=CN(C)C. The summed E-state index contributed by atoms with van der Waals surface area (Å²) in [6.07, 6.45) is 3.38. The van der Waals surface area contributed by atoms with E-state index in [0.717, 1.165) is 11.1 Å². The number of carbonyl (C=O) groups is 1. The highest BCUT2D eigenvalue weighted by Crippen LogP contribution is 2.24. The Morgan fingerprint density at radius 3 is 2.52 bits per heavy atom. The van der Waals surface area contributed by atoms with Crippen LogP contribution >= 0.6 is 11.6 Å². The number of ether oxygens (including phenoxy) is 1. The number of carbonyl (C=O) groups excluding carboxylic acids is 1. The standard InChI is InChI=1S/C15H16ClN3O2/c1-18(2)10-17-19-9-12(8-14(19)15(20)21-3)11-4-6-13(16)7-5-11/h4-10H,1-3H3. The van der Waals surface area contributed by atoms with Gasteiger partial charge in [0.15, 0.2) is 5.69 Å². The Balaban J connectivity index is 2.44. The molecule has 2 aromatic rings. The Bertz CT molecular complexity index is 660. The number of hydrogen-bond donors (Lipinski definition) is 0. The molecule has 21 heavy (non-hydrogen) atoms. The van der Waals surface area contributed by atoms with E-state index in [4.69, 9.17) is 16.3 Å². The van der Waals surface area contributed by atoms with Gasteiger partial charge in [0.1, 0.15) is 6.34 Å². The Hall–Kier alpha value is -2.27. The van der Waals surface area contributed by atoms with Crippen LogP contribution in [0.2, 0.25) is 5.02 Å². The molecule has 5 nitrogen and oxygen atoms in total. The van der Waals surface area contributed by atoms with Crippen LogP contribution in [0.25, 0.3) is 11.1 Å². The highest BCUT2D eigenvalue weighted by atomic mass is 35.5. The summed E-state index contributed by atoms with van der Waals surface area (Å²) < 4.78 is 6.28. The van der Waals surface area contributed by atoms with Crippen molar-refractivity contribution >= 4 is 23.9 Å². The second-order valence-corrected chi connectivity index (χ2v) is 5.09. The van der Waals surface area contributed by atoms with E-state index in [0.29, 0.717) is 10.7 Å². The van der Waals surface area contributed by atoms with Gasteiger partial charge in [0.2, 0.25) is 0 Å². The molecule has 6 heteroatoms. The number of esters is 1. The number of halogens is 1. The van der Waals surface area contributed by atoms with Crippen molar-refractivity contribution in [1.29, 1.82) is 0 Å². The first-order valence-corrected chi connectivity index (χ1v) is 6.66. The van der Waals surface area contributed by atoms with Crippen molar-refractivity contribution in [2.24, 2.45) is 5.10 Å². The number of methoxy groups -OCH3 is 1. The second kappa shape index (κ2) is 6.45. The normalized spacial score (nSPS) is 10.9. The molecule has 0 spiro atoms. The third-order valence-electron chi connectivity index (χ3n) is 2.78. The van der Waals surface area contributed by atoms with Gasteiger partial charge < -0.3 is 9.64 Å². The minimum absolute atomic E-state index is 0.362. The molecule has 0 N–H and O–H groups in total. The fourth-order valence-electron chi connectivity index (χ4n) is 1.76. The molecule has 0 atom stereocenters. The van der Waals surface area contributed by atoms with Gasteiger partial charge in [-0.05, 0) is 23.8 Å². The van der Waals surface area contributed by atoms with E-state index >= 15 is 0 Å². The first kappa shape index (κ1) is 15.1. The predicted octanol–water partition coefficient (Wildman–Crippen LogP) is 2.95. The number of aromatic nitrogens is 1. The minimum atomic E-state index is -0.439. The maximum atomic E-state index is 11.8. The van der Waals surface area contributed by atoms with Crippen LogP contribution in [0.5, 0.6) is 0 Å². The molecule has 1 aromatic carbocycles. The second-order valence-electron chi connectivity index (χ2n) is 4.65. The fourth-order valence-corrected chi connectivity index (χ4v) is 1.89. The largest absolute Gasteiger partial charge is 0.464 e. The highest BCUT2D eigenvalue weighted by Gasteiger charge is 2.14. The van der Waals surface area contributed by atoms with Crippen molar-refractivity contribution in [2.45, 2.75) is 0 Å². The lowest BCUT2D eigenvalue weighted by Crippen LogP contribution is -2.11. The van der Waals surface area contributed by atoms with Crippen molar-refractivity contribution in [3.8, 4) is 11.1 Å². The number of benzene rings is 1. The molecule has 0 saturated carbocycles. The van der Waals surface area contributed by atoms with Gasteiger partial charge in [0.25, 0.3) is 0 Å². The van der Waals surface area contributed by atoms with Crippen molar-refractivity contribution in [3.05, 3.63) is 47.2 Å². The fraction of sp³-hybridized carbons (Fsp3) is 0.200. The van der Waals surface area contributed by atoms with Gasteiger partial charge in [-0.2, -0.15) is 5.10 Å². The maximum absolute atomic E-state index is 11.8. The van der Waals surface area contributed by atoms with Crippen LogP contribution in [0.3, 0.4) is 0 Å². The first-order valence-electron chi connectivity index (χ1n) is 6.29. The third-order valence-corrected chi connectivity index (χ3v) is 3.03. The lowest BCUT2D eigenvalue weighted by molar-refractivity contribution is 0.0589. The summed E-state index contributed by atoms with van der Waals surface area (Å²) in [5, 5.41) is 4.89. The van der Waals surface area contributed by atoms with Crippen molar-refractivity contribution in [1.82, 2.24) is 9.58 Å². The van der Waals surface area contributed by atoms with Crippen LogP contribution in [0.4, 0.5) is 0 Å². The molecule has 0 aliphatic carbocycles. The van der Waals surface area contributed by atoms with E-state index in [1.165, 1.54) is 11.8 Å². The lowest BCUT2D eigenvalue weighted by Gasteiger charge is -2.04. The summed E-state index contributed by atoms with van der Waals surface area (Å²) in [6.45, 7) is 0. The van der Waals surface area contributed by atoms with Gasteiger partial charge >= 0.3 is 5.97 Å². The Morgan fingerprint density at radius 2 is 1.95 bits per heavy atom. The van der Waals surface area contributed by atoms with Crippen LogP contribution in [0.1, 0.15) is 10.5 Å². The lowest BCUT2D eigenvalue weighted by atomic mass is 10.1. The van der Waals surface area contributed by atoms with Crippen LogP contribution in [-0.4, -0.2) is 43.1 Å². The molecule has 1 heterocycles. The van der Waals surface area contributed by atoms with E-state index in [1.807, 2.05) is 26.2 Å². The summed E-state index contributed by atoms with van der Waals surface area (Å²) in [6, 6.07) is 9.11. The van der Waals surface area contributed by atoms with Gasteiger partial charge in [-0.25, -0.2) is 9.47 Å². The minimum Gasteiger partial charge on any atom is -0.464 e. The van der Waals surface area contributed by atoms with Gasteiger partial charge in [-0.3, -0.25) is 0 Å². The van der Waals surface area contributed by atoms with Crippen LogP contribution < -0.4 is 0 Å². The molecular formula is C15H16ClN3O2. The number of rotatable bonds is 4. The summed E-state index contributed by atoms with van der Waals surface area (Å²) in [4.78, 5) is 13.6. The van der Waals surface area contributed by atoms with Crippen LogP contribution in [0, 0.1) is 0 Å². The molecule has 2 rings (SSSR count). The Morgan fingerprint density at radius 1 is 1.29 bits per heavy atom. The quantitative estimate of drug-likeness (QED) is 0.496. The molecular weight excluding hydrogens is 290 g/mol. The Kier molecular flexibility index (Phi) is 4.65. The zero-order chi connectivity index (χ0) is 15.4. The Labute approximate surface area is 128 Å². The molecule has 110 valence electrons. The van der Waals surface area contributed by atoms with Crippen LogP contribution in [0.15, 0.2) is 41.6 Å². The predicted molar refractivity (Wildman–Crippen MR) is 83.8 cm³/mol. The molecule has 0 aliphatic rings. The monoisotopic (exact) mass is 305 g/mol. The molecule has 0 amide bonds. The average molecular weight is 306 g/mol. The zero-order valence-electron chi connectivity index (χ0n) is 12.1. The molecule has 0 fully saturated rings. The smallest absolute Gasteiger partial charge is 0.356 e. The third kappa shape index (κ3) is 3.64. The first-order chi connectivity index (χ1) is 10.0. The molecule has 0 aliphatic heterocycles. The summed E-state index contributed by atoms with van der Waals surface area (Å²) in [5.41, 5.74) is 2.17. The van der Waals surface area contributed by atoms with Crippen molar-refractivity contribution in [2.75, 3.05) is 21.2 Å². The van der Waals surface area contributed by atoms with Gasteiger partial charge in [0.05, 0.1) is 7.11 Å². The number of nitrogens with zero attached hydrogens (tertiary/aromatic N) is 3. The van der Waals surface area contributed by atoms with Crippen molar-refractivity contribution < 1.29 is 9.53 Å². The van der Waals surface area contributed by atoms with Gasteiger partial charge in [-0.1, -0.05) is 23.7 Å². The highest BCUT2D eigenvalue weighted by molar-refractivity contribution is 6.30. The van der Waals surface area contributed by atoms with E-state index < -0.39 is 5.97 Å². The summed E-state index contributed by atoms with van der Waals surface area (Å²) in [5.74, 6) is -0.439. The van der Waals surface area contributed by atoms with E-state index in [9.17, 15) is 4.79 Å². The van der Waals surface area contributed by atoms with Crippen molar-refractivity contribution in [3.63, 3.8) is 0 Å². The summed E-state index contributed by atoms with van der Waals surface area (Å²) >= 11 is 5.88. The molecule has 0 radical (unpaired) electrons. The number of hydrogen-bond acceptors (Lipinski definition) is 3. The van der Waals surface area contributed by atoms with E-state index in [-0.39, 0.29) is 0 Å². The average Bonchev–Trinajstić information content (AvgIpc) is 2.89. The molecule has 0 bridgehead atoms. The summed E-state index contributed by atoms with van der Waals surface area (Å²) in [7, 11) is 5.05. The molecule has 0 unspecified atom stereocenters. The van der Waals surface area contributed by atoms with Gasteiger partial charge in [0, 0.05) is 30.9 Å².